The maximum atomic E-state index is 4.45. The van der Waals surface area contributed by atoms with Gasteiger partial charge in [0.2, 0.25) is 11.9 Å². The van der Waals surface area contributed by atoms with Gasteiger partial charge in [0.15, 0.2) is 5.16 Å². The lowest BCUT2D eigenvalue weighted by molar-refractivity contribution is 0.635. The van der Waals surface area contributed by atoms with E-state index >= 15 is 0 Å². The number of rotatable bonds is 6. The molecule has 0 saturated heterocycles. The Morgan fingerprint density at radius 3 is 2.84 bits per heavy atom. The van der Waals surface area contributed by atoms with Crippen LogP contribution < -0.4 is 5.32 Å². The molecule has 1 atom stereocenters. The lowest BCUT2D eigenvalue weighted by Gasteiger charge is -2.09. The Balaban J connectivity index is 2.21. The normalized spacial score (nSPS) is 12.4. The summed E-state index contributed by atoms with van der Waals surface area (Å²) in [6.07, 6.45) is 6.36. The molecule has 0 fully saturated rings. The Morgan fingerprint density at radius 2 is 2.21 bits per heavy atom. The fourth-order valence-electron chi connectivity index (χ4n) is 1.35. The predicted molar refractivity (Wildman–Crippen MR) is 76.7 cm³/mol. The van der Waals surface area contributed by atoms with Gasteiger partial charge >= 0.3 is 0 Å². The summed E-state index contributed by atoms with van der Waals surface area (Å²) in [6.45, 7) is 4.42. The van der Waals surface area contributed by atoms with Crippen LogP contribution in [0.4, 0.5) is 5.95 Å². The van der Waals surface area contributed by atoms with E-state index in [0.717, 1.165) is 17.3 Å². The molecule has 0 aromatic carbocycles. The molecule has 2 aromatic rings. The third kappa shape index (κ3) is 3.66. The van der Waals surface area contributed by atoms with Crippen LogP contribution in [0.5, 0.6) is 0 Å². The molecule has 7 heteroatoms. The van der Waals surface area contributed by atoms with E-state index in [9.17, 15) is 0 Å². The molecule has 2 heterocycles. The van der Waals surface area contributed by atoms with Crippen molar-refractivity contribution in [1.82, 2.24) is 24.5 Å². The molecule has 2 aromatic heterocycles. The third-order valence-corrected chi connectivity index (χ3v) is 3.93. The van der Waals surface area contributed by atoms with Gasteiger partial charge in [0.1, 0.15) is 6.33 Å². The molecule has 0 amide bonds. The van der Waals surface area contributed by atoms with Gasteiger partial charge in [0, 0.05) is 25.2 Å². The smallest absolute Gasteiger partial charge is 0.240 e. The molecular formula is C12H18N6S. The van der Waals surface area contributed by atoms with Crippen molar-refractivity contribution in [3.63, 3.8) is 0 Å². The van der Waals surface area contributed by atoms with Crippen LogP contribution in [0.2, 0.25) is 0 Å². The van der Waals surface area contributed by atoms with E-state index in [1.165, 1.54) is 0 Å². The van der Waals surface area contributed by atoms with E-state index in [4.69, 9.17) is 0 Å². The first-order valence-electron chi connectivity index (χ1n) is 6.28. The highest BCUT2D eigenvalue weighted by Gasteiger charge is 2.09. The molecule has 1 unspecified atom stereocenters. The first-order chi connectivity index (χ1) is 9.22. The van der Waals surface area contributed by atoms with Crippen LogP contribution >= 0.6 is 11.8 Å². The van der Waals surface area contributed by atoms with Crippen molar-refractivity contribution in [3.05, 3.63) is 18.7 Å². The molecule has 0 radical (unpaired) electrons. The van der Waals surface area contributed by atoms with Crippen molar-refractivity contribution < 1.29 is 0 Å². The number of nitrogens with zero attached hydrogens (tertiary/aromatic N) is 5. The summed E-state index contributed by atoms with van der Waals surface area (Å²) < 4.78 is 1.77. The first-order valence-corrected chi connectivity index (χ1v) is 7.26. The van der Waals surface area contributed by atoms with Crippen LogP contribution in [0.15, 0.2) is 23.9 Å². The van der Waals surface area contributed by atoms with Crippen molar-refractivity contribution in [2.75, 3.05) is 18.1 Å². The van der Waals surface area contributed by atoms with Gasteiger partial charge in [0.25, 0.3) is 0 Å². The lowest BCUT2D eigenvalue weighted by Crippen LogP contribution is -2.07. The second kappa shape index (κ2) is 6.51. The Hall–Kier alpha value is -1.63. The van der Waals surface area contributed by atoms with Crippen molar-refractivity contribution in [3.8, 4) is 5.95 Å². The summed E-state index contributed by atoms with van der Waals surface area (Å²) in [5.74, 6) is 2.82. The minimum absolute atomic E-state index is 0.574. The van der Waals surface area contributed by atoms with Gasteiger partial charge in [0.05, 0.1) is 0 Å². The molecule has 1 N–H and O–H groups in total. The van der Waals surface area contributed by atoms with Gasteiger partial charge in [-0.2, -0.15) is 15.0 Å². The number of aromatic nitrogens is 5. The monoisotopic (exact) mass is 278 g/mol. The van der Waals surface area contributed by atoms with Gasteiger partial charge in [-0.15, -0.1) is 0 Å². The average Bonchev–Trinajstić information content (AvgIpc) is 2.98. The second-order valence-electron chi connectivity index (χ2n) is 4.29. The number of imidazole rings is 1. The van der Waals surface area contributed by atoms with Crippen LogP contribution in [0, 0.1) is 5.92 Å². The van der Waals surface area contributed by atoms with Crippen LogP contribution in [-0.2, 0) is 0 Å². The zero-order valence-corrected chi connectivity index (χ0v) is 12.2. The fraction of sp³-hybridized carbons (Fsp3) is 0.500. The van der Waals surface area contributed by atoms with E-state index in [0.29, 0.717) is 17.8 Å². The SMILES string of the molecule is CCC(C)CSc1nc(NC)nc(-n2ccnc2)n1. The molecule has 0 aliphatic carbocycles. The van der Waals surface area contributed by atoms with Crippen LogP contribution in [0.1, 0.15) is 20.3 Å². The van der Waals surface area contributed by atoms with Crippen molar-refractivity contribution in [2.24, 2.45) is 5.92 Å². The molecule has 102 valence electrons. The van der Waals surface area contributed by atoms with E-state index < -0.39 is 0 Å². The highest BCUT2D eigenvalue weighted by molar-refractivity contribution is 7.99. The molecule has 0 aliphatic rings. The fourth-order valence-corrected chi connectivity index (χ4v) is 2.32. The summed E-state index contributed by atoms with van der Waals surface area (Å²) in [5, 5.41) is 3.70. The summed E-state index contributed by atoms with van der Waals surface area (Å²) >= 11 is 1.66. The van der Waals surface area contributed by atoms with Crippen LogP contribution in [0.25, 0.3) is 5.95 Å². The maximum Gasteiger partial charge on any atom is 0.240 e. The molecule has 0 spiro atoms. The minimum Gasteiger partial charge on any atom is -0.357 e. The summed E-state index contributed by atoms with van der Waals surface area (Å²) in [6, 6.07) is 0. The molecule has 0 saturated carbocycles. The van der Waals surface area contributed by atoms with E-state index in [1.807, 2.05) is 6.20 Å². The van der Waals surface area contributed by atoms with Crippen LogP contribution in [0.3, 0.4) is 0 Å². The number of anilines is 1. The Bertz CT molecular complexity index is 513. The molecule has 6 nitrogen and oxygen atoms in total. The van der Waals surface area contributed by atoms with E-state index in [2.05, 4.69) is 39.1 Å². The average molecular weight is 278 g/mol. The number of nitrogens with one attached hydrogen (secondary N) is 1. The van der Waals surface area contributed by atoms with Crippen LogP contribution in [-0.4, -0.2) is 37.3 Å². The van der Waals surface area contributed by atoms with Gasteiger partial charge in [-0.25, -0.2) is 4.98 Å². The maximum absolute atomic E-state index is 4.45. The van der Waals surface area contributed by atoms with Gasteiger partial charge < -0.3 is 5.32 Å². The van der Waals surface area contributed by atoms with Crippen molar-refractivity contribution >= 4 is 17.7 Å². The molecule has 0 aliphatic heterocycles. The van der Waals surface area contributed by atoms with Gasteiger partial charge in [-0.3, -0.25) is 4.57 Å². The number of thioether (sulfide) groups is 1. The summed E-state index contributed by atoms with van der Waals surface area (Å²) in [7, 11) is 1.80. The Labute approximate surface area is 117 Å². The summed E-state index contributed by atoms with van der Waals surface area (Å²) in [4.78, 5) is 17.1. The zero-order chi connectivity index (χ0) is 13.7. The standard InChI is InChI=1S/C12H18N6S/c1-4-9(2)7-19-12-16-10(13-3)15-11(17-12)18-6-5-14-8-18/h5-6,8-9H,4,7H2,1-3H3,(H,13,15,16,17). The second-order valence-corrected chi connectivity index (χ2v) is 5.27. The Morgan fingerprint density at radius 1 is 1.37 bits per heavy atom. The van der Waals surface area contributed by atoms with Gasteiger partial charge in [-0.05, 0) is 5.92 Å². The van der Waals surface area contributed by atoms with Crippen molar-refractivity contribution in [1.29, 1.82) is 0 Å². The number of hydrogen-bond donors (Lipinski definition) is 1. The van der Waals surface area contributed by atoms with E-state index in [1.54, 1.807) is 35.9 Å². The topological polar surface area (TPSA) is 68.5 Å². The zero-order valence-electron chi connectivity index (χ0n) is 11.4. The minimum atomic E-state index is 0.574. The lowest BCUT2D eigenvalue weighted by atomic mass is 10.2. The third-order valence-electron chi connectivity index (χ3n) is 2.76. The first kappa shape index (κ1) is 13.8. The molecular weight excluding hydrogens is 260 g/mol. The molecule has 0 bridgehead atoms. The number of hydrogen-bond acceptors (Lipinski definition) is 6. The predicted octanol–water partition coefficient (Wildman–Crippen LogP) is 2.24. The largest absolute Gasteiger partial charge is 0.357 e. The molecule has 2 rings (SSSR count). The Kier molecular flexibility index (Phi) is 4.73. The highest BCUT2D eigenvalue weighted by Crippen LogP contribution is 2.20. The van der Waals surface area contributed by atoms with Crippen molar-refractivity contribution in [2.45, 2.75) is 25.4 Å². The highest BCUT2D eigenvalue weighted by atomic mass is 32.2. The quantitative estimate of drug-likeness (QED) is 0.817. The van der Waals surface area contributed by atoms with E-state index in [-0.39, 0.29) is 0 Å². The van der Waals surface area contributed by atoms with Gasteiger partial charge in [-0.1, -0.05) is 32.0 Å². The summed E-state index contributed by atoms with van der Waals surface area (Å²) in [5.41, 5.74) is 0. The molecule has 19 heavy (non-hydrogen) atoms.